The number of hydrogen-bond donors (Lipinski definition) is 2. The highest BCUT2D eigenvalue weighted by atomic mass is 32.2. The van der Waals surface area contributed by atoms with Gasteiger partial charge in [0.15, 0.2) is 0 Å². The molecule has 0 aromatic heterocycles. The zero-order valence-corrected chi connectivity index (χ0v) is 19.5. The highest BCUT2D eigenvalue weighted by molar-refractivity contribution is 7.89. The lowest BCUT2D eigenvalue weighted by atomic mass is 9.83. The lowest BCUT2D eigenvalue weighted by Gasteiger charge is -2.38. The molecule has 2 aliphatic heterocycles. The number of aliphatic hydroxyl groups is 1. The number of fused-ring (bicyclic) bond motifs is 3. The van der Waals surface area contributed by atoms with Gasteiger partial charge in [0.2, 0.25) is 10.0 Å². The van der Waals surface area contributed by atoms with Crippen molar-refractivity contribution in [2.24, 2.45) is 5.92 Å². The number of benzene rings is 3. The Labute approximate surface area is 199 Å². The first-order chi connectivity index (χ1) is 16.4. The van der Waals surface area contributed by atoms with E-state index in [0.717, 1.165) is 16.8 Å². The molecule has 174 valence electrons. The lowest BCUT2D eigenvalue weighted by molar-refractivity contribution is 0.210. The van der Waals surface area contributed by atoms with Gasteiger partial charge in [0.25, 0.3) is 0 Å². The van der Waals surface area contributed by atoms with Gasteiger partial charge < -0.3 is 10.4 Å². The van der Waals surface area contributed by atoms with Crippen molar-refractivity contribution < 1.29 is 17.9 Å². The highest BCUT2D eigenvalue weighted by Gasteiger charge is 2.48. The number of rotatable bonds is 3. The van der Waals surface area contributed by atoms with E-state index in [0.29, 0.717) is 24.1 Å². The summed E-state index contributed by atoms with van der Waals surface area (Å²) in [5, 5.41) is 13.4. The quantitative estimate of drug-likeness (QED) is 0.559. The number of nitrogens with zero attached hydrogens (tertiary/aromatic N) is 1. The van der Waals surface area contributed by atoms with Crippen LogP contribution >= 0.6 is 0 Å². The third-order valence-electron chi connectivity index (χ3n) is 6.63. The molecule has 5 nitrogen and oxygen atoms in total. The molecule has 0 aliphatic carbocycles. The number of aliphatic hydroxyl groups excluding tert-OH is 1. The second-order valence-electron chi connectivity index (χ2n) is 8.79. The normalized spacial score (nSPS) is 21.7. The van der Waals surface area contributed by atoms with Crippen LogP contribution in [0, 0.1) is 30.5 Å². The Hall–Kier alpha value is -3.18. The molecule has 0 unspecified atom stereocenters. The molecule has 1 saturated heterocycles. The van der Waals surface area contributed by atoms with Crippen LogP contribution < -0.4 is 5.32 Å². The van der Waals surface area contributed by atoms with Crippen molar-refractivity contribution in [1.82, 2.24) is 4.31 Å². The molecule has 2 N–H and O–H groups in total. The van der Waals surface area contributed by atoms with E-state index in [1.165, 1.54) is 6.07 Å². The van der Waals surface area contributed by atoms with Crippen LogP contribution in [0.1, 0.15) is 34.7 Å². The number of anilines is 1. The number of aryl methyl sites for hydroxylation is 1. The first-order valence-electron chi connectivity index (χ1n) is 11.2. The Morgan fingerprint density at radius 3 is 2.68 bits per heavy atom. The molecule has 34 heavy (non-hydrogen) atoms. The summed E-state index contributed by atoms with van der Waals surface area (Å²) in [7, 11) is -3.74. The average molecular weight is 477 g/mol. The fourth-order valence-electron chi connectivity index (χ4n) is 4.98. The predicted octanol–water partition coefficient (Wildman–Crippen LogP) is 4.07. The van der Waals surface area contributed by atoms with E-state index in [9.17, 15) is 17.9 Å². The maximum atomic E-state index is 14.0. The Bertz CT molecular complexity index is 1410. The van der Waals surface area contributed by atoms with Crippen molar-refractivity contribution in [2.75, 3.05) is 18.5 Å². The maximum Gasteiger partial charge on any atom is 0.243 e. The monoisotopic (exact) mass is 476 g/mol. The largest absolute Gasteiger partial charge is 0.394 e. The molecule has 7 heteroatoms. The van der Waals surface area contributed by atoms with Gasteiger partial charge in [0, 0.05) is 23.7 Å². The van der Waals surface area contributed by atoms with E-state index >= 15 is 0 Å². The summed E-state index contributed by atoms with van der Waals surface area (Å²) in [5.41, 5.74) is 3.46. The van der Waals surface area contributed by atoms with Crippen molar-refractivity contribution in [3.8, 4) is 11.8 Å². The Morgan fingerprint density at radius 1 is 1.09 bits per heavy atom. The molecule has 3 atom stereocenters. The van der Waals surface area contributed by atoms with Crippen LogP contribution in [0.4, 0.5) is 10.1 Å². The fraction of sp³-hybridized carbons (Fsp3) is 0.259. The van der Waals surface area contributed by atoms with Crippen molar-refractivity contribution in [3.05, 3.63) is 94.8 Å². The first kappa shape index (κ1) is 22.6. The van der Waals surface area contributed by atoms with Gasteiger partial charge >= 0.3 is 0 Å². The Morgan fingerprint density at radius 2 is 1.91 bits per heavy atom. The molecule has 3 aromatic rings. The Kier molecular flexibility index (Phi) is 5.90. The minimum Gasteiger partial charge on any atom is -0.394 e. The van der Waals surface area contributed by atoms with Crippen LogP contribution in [0.25, 0.3) is 0 Å². The number of halogens is 1. The summed E-state index contributed by atoms with van der Waals surface area (Å²) < 4.78 is 42.9. The summed E-state index contributed by atoms with van der Waals surface area (Å²) in [4.78, 5) is 0.268. The number of nitrogens with one attached hydrogen (secondary N) is 1. The van der Waals surface area contributed by atoms with Crippen molar-refractivity contribution >= 4 is 15.7 Å². The second kappa shape index (κ2) is 8.88. The van der Waals surface area contributed by atoms with E-state index in [1.807, 2.05) is 31.2 Å². The highest BCUT2D eigenvalue weighted by Crippen LogP contribution is 2.48. The van der Waals surface area contributed by atoms with Gasteiger partial charge in [0.1, 0.15) is 5.82 Å². The topological polar surface area (TPSA) is 69.6 Å². The van der Waals surface area contributed by atoms with E-state index < -0.39 is 16.1 Å². The third kappa shape index (κ3) is 3.98. The molecule has 3 aromatic carbocycles. The zero-order chi connectivity index (χ0) is 23.9. The lowest BCUT2D eigenvalue weighted by Crippen LogP contribution is -2.42. The van der Waals surface area contributed by atoms with E-state index in [4.69, 9.17) is 0 Å². The standard InChI is InChI=1S/C27H25FN2O3S/c1-18-5-4-7-21(15-18)34(32,33)30-14-13-22-26(17-31)29-25-12-10-19(16-23(25)27(22)30)9-11-20-6-2-3-8-24(20)28/h2-8,10,12,15-16,22,26-27,29,31H,13-14,17H2,1H3/t22-,26+,27-/m1/s1. The minimum absolute atomic E-state index is 0.0770. The van der Waals surface area contributed by atoms with Gasteiger partial charge in [-0.15, -0.1) is 0 Å². The Balaban J connectivity index is 1.57. The van der Waals surface area contributed by atoms with Crippen molar-refractivity contribution in [1.29, 1.82) is 0 Å². The van der Waals surface area contributed by atoms with Crippen LogP contribution in [0.2, 0.25) is 0 Å². The molecular weight excluding hydrogens is 451 g/mol. The molecule has 0 amide bonds. The summed E-state index contributed by atoms with van der Waals surface area (Å²) in [6, 6.07) is 18.2. The molecular formula is C27H25FN2O3S. The summed E-state index contributed by atoms with van der Waals surface area (Å²) in [6.45, 7) is 2.15. The smallest absolute Gasteiger partial charge is 0.243 e. The third-order valence-corrected chi connectivity index (χ3v) is 8.51. The van der Waals surface area contributed by atoms with Crippen LogP contribution in [0.5, 0.6) is 0 Å². The van der Waals surface area contributed by atoms with Crippen LogP contribution in [-0.4, -0.2) is 37.0 Å². The predicted molar refractivity (Wildman–Crippen MR) is 129 cm³/mol. The summed E-state index contributed by atoms with van der Waals surface area (Å²) in [6.07, 6.45) is 0.637. The van der Waals surface area contributed by atoms with Gasteiger partial charge in [-0.1, -0.05) is 36.1 Å². The molecule has 0 bridgehead atoms. The minimum atomic E-state index is -3.74. The molecule has 2 aliphatic rings. The van der Waals surface area contributed by atoms with Gasteiger partial charge in [-0.25, -0.2) is 12.8 Å². The van der Waals surface area contributed by atoms with E-state index in [-0.39, 0.29) is 29.3 Å². The molecule has 0 saturated carbocycles. The molecule has 5 rings (SSSR count). The van der Waals surface area contributed by atoms with Crippen LogP contribution in [-0.2, 0) is 10.0 Å². The summed E-state index contributed by atoms with van der Waals surface area (Å²) in [5.74, 6) is 5.43. The molecule has 0 radical (unpaired) electrons. The van der Waals surface area contributed by atoms with E-state index in [1.54, 1.807) is 40.7 Å². The fourth-order valence-corrected chi connectivity index (χ4v) is 6.75. The SMILES string of the molecule is Cc1cccc(S(=O)(=O)N2CC[C@@H]3[C@H](CO)Nc4ccc(C#Cc5ccccc5F)cc4[C@@H]32)c1. The van der Waals surface area contributed by atoms with Gasteiger partial charge in [-0.3, -0.25) is 0 Å². The van der Waals surface area contributed by atoms with Gasteiger partial charge in [0.05, 0.1) is 29.1 Å². The zero-order valence-electron chi connectivity index (χ0n) is 18.7. The van der Waals surface area contributed by atoms with E-state index in [2.05, 4.69) is 17.2 Å². The van der Waals surface area contributed by atoms with Crippen LogP contribution in [0.3, 0.4) is 0 Å². The molecule has 2 heterocycles. The van der Waals surface area contributed by atoms with Gasteiger partial charge in [-0.2, -0.15) is 4.31 Å². The van der Waals surface area contributed by atoms with Crippen molar-refractivity contribution in [2.45, 2.75) is 30.3 Å². The number of sulfonamides is 1. The van der Waals surface area contributed by atoms with Gasteiger partial charge in [-0.05, 0) is 66.9 Å². The second-order valence-corrected chi connectivity index (χ2v) is 10.7. The molecule has 1 fully saturated rings. The van der Waals surface area contributed by atoms with Crippen molar-refractivity contribution in [3.63, 3.8) is 0 Å². The summed E-state index contributed by atoms with van der Waals surface area (Å²) >= 11 is 0. The first-order valence-corrected chi connectivity index (χ1v) is 12.7. The maximum absolute atomic E-state index is 14.0. The molecule has 0 spiro atoms. The average Bonchev–Trinajstić information content (AvgIpc) is 3.29. The number of hydrogen-bond acceptors (Lipinski definition) is 4. The van der Waals surface area contributed by atoms with Crippen LogP contribution in [0.15, 0.2) is 71.6 Å².